The van der Waals surface area contributed by atoms with Crippen molar-refractivity contribution in [3.63, 3.8) is 0 Å². The van der Waals surface area contributed by atoms with Crippen molar-refractivity contribution in [3.8, 4) is 11.5 Å². The Morgan fingerprint density at radius 2 is 1.95 bits per heavy atom. The molecule has 20 heavy (non-hydrogen) atoms. The number of benzene rings is 1. The molecule has 2 aromatic rings. The Morgan fingerprint density at radius 1 is 1.20 bits per heavy atom. The summed E-state index contributed by atoms with van der Waals surface area (Å²) in [6, 6.07) is 5.99. The topological polar surface area (TPSA) is 61.0 Å². The van der Waals surface area contributed by atoms with E-state index in [1.165, 1.54) is 11.1 Å². The van der Waals surface area contributed by atoms with E-state index in [1.807, 2.05) is 18.2 Å². The zero-order chi connectivity index (χ0) is 14.7. The molecule has 0 aliphatic carbocycles. The summed E-state index contributed by atoms with van der Waals surface area (Å²) in [5, 5.41) is 0. The SMILES string of the molecule is Cc1ccc(Oc2cnc(C(C)C)nc2CN)cc1C. The molecular formula is C16H21N3O. The van der Waals surface area contributed by atoms with Crippen molar-refractivity contribution < 1.29 is 4.74 Å². The quantitative estimate of drug-likeness (QED) is 0.925. The number of hydrogen-bond donors (Lipinski definition) is 1. The second-order valence-corrected chi connectivity index (χ2v) is 5.25. The summed E-state index contributed by atoms with van der Waals surface area (Å²) < 4.78 is 5.87. The van der Waals surface area contributed by atoms with Gasteiger partial charge in [0.1, 0.15) is 17.3 Å². The molecule has 0 unspecified atom stereocenters. The Morgan fingerprint density at radius 3 is 2.55 bits per heavy atom. The molecule has 0 saturated heterocycles. The molecule has 0 spiro atoms. The predicted octanol–water partition coefficient (Wildman–Crippen LogP) is 3.47. The van der Waals surface area contributed by atoms with Crippen molar-refractivity contribution in [2.24, 2.45) is 5.73 Å². The minimum atomic E-state index is 0.274. The van der Waals surface area contributed by atoms with Crippen LogP contribution in [0.4, 0.5) is 0 Å². The van der Waals surface area contributed by atoms with E-state index < -0.39 is 0 Å². The van der Waals surface area contributed by atoms with E-state index >= 15 is 0 Å². The lowest BCUT2D eigenvalue weighted by molar-refractivity contribution is 0.467. The van der Waals surface area contributed by atoms with E-state index in [4.69, 9.17) is 10.5 Å². The third-order valence-corrected chi connectivity index (χ3v) is 3.26. The number of hydrogen-bond acceptors (Lipinski definition) is 4. The molecule has 0 bridgehead atoms. The zero-order valence-corrected chi connectivity index (χ0v) is 12.5. The fraction of sp³-hybridized carbons (Fsp3) is 0.375. The number of nitrogens with zero attached hydrogens (tertiary/aromatic N) is 2. The van der Waals surface area contributed by atoms with E-state index in [1.54, 1.807) is 6.20 Å². The van der Waals surface area contributed by atoms with Crippen molar-refractivity contribution in [2.75, 3.05) is 0 Å². The summed E-state index contributed by atoms with van der Waals surface area (Å²) in [6.45, 7) is 8.58. The van der Waals surface area contributed by atoms with Gasteiger partial charge in [0.25, 0.3) is 0 Å². The maximum Gasteiger partial charge on any atom is 0.168 e. The number of ether oxygens (including phenoxy) is 1. The first kappa shape index (κ1) is 14.5. The van der Waals surface area contributed by atoms with Crippen LogP contribution in [0.5, 0.6) is 11.5 Å². The summed E-state index contributed by atoms with van der Waals surface area (Å²) in [6.07, 6.45) is 1.71. The van der Waals surface area contributed by atoms with Gasteiger partial charge in [-0.2, -0.15) is 0 Å². The molecule has 2 rings (SSSR count). The Kier molecular flexibility index (Phi) is 4.35. The Balaban J connectivity index is 2.30. The van der Waals surface area contributed by atoms with Gasteiger partial charge in [-0.1, -0.05) is 19.9 Å². The summed E-state index contributed by atoms with van der Waals surface area (Å²) in [5.41, 5.74) is 8.92. The van der Waals surface area contributed by atoms with E-state index in [0.29, 0.717) is 12.3 Å². The van der Waals surface area contributed by atoms with Crippen molar-refractivity contribution in [1.82, 2.24) is 9.97 Å². The molecule has 1 aromatic carbocycles. The lowest BCUT2D eigenvalue weighted by Gasteiger charge is -2.12. The smallest absolute Gasteiger partial charge is 0.168 e. The first-order chi connectivity index (χ1) is 9.51. The summed E-state index contributed by atoms with van der Waals surface area (Å²) in [5.74, 6) is 2.47. The number of aryl methyl sites for hydroxylation is 2. The molecule has 4 nitrogen and oxygen atoms in total. The Hall–Kier alpha value is -1.94. The maximum atomic E-state index is 5.87. The van der Waals surface area contributed by atoms with Crippen LogP contribution in [0.15, 0.2) is 24.4 Å². The summed E-state index contributed by atoms with van der Waals surface area (Å²) in [4.78, 5) is 8.80. The molecule has 0 atom stereocenters. The molecule has 1 aromatic heterocycles. The fourth-order valence-electron chi connectivity index (χ4n) is 1.84. The first-order valence-electron chi connectivity index (χ1n) is 6.82. The zero-order valence-electron chi connectivity index (χ0n) is 12.5. The van der Waals surface area contributed by atoms with Crippen LogP contribution in [0.25, 0.3) is 0 Å². The van der Waals surface area contributed by atoms with Crippen LogP contribution in [0.1, 0.15) is 42.4 Å². The Bertz CT molecular complexity index is 609. The fourth-order valence-corrected chi connectivity index (χ4v) is 1.84. The Labute approximate surface area is 120 Å². The largest absolute Gasteiger partial charge is 0.454 e. The second-order valence-electron chi connectivity index (χ2n) is 5.25. The molecule has 0 amide bonds. The van der Waals surface area contributed by atoms with Crippen molar-refractivity contribution in [2.45, 2.75) is 40.2 Å². The standard InChI is InChI=1S/C16H21N3O/c1-10(2)16-18-9-15(14(8-17)19-16)20-13-6-5-11(3)12(4)7-13/h5-7,9-10H,8,17H2,1-4H3. The molecular weight excluding hydrogens is 250 g/mol. The average molecular weight is 271 g/mol. The van der Waals surface area contributed by atoms with Crippen LogP contribution in [-0.4, -0.2) is 9.97 Å². The molecule has 1 heterocycles. The second kappa shape index (κ2) is 6.01. The van der Waals surface area contributed by atoms with Gasteiger partial charge >= 0.3 is 0 Å². The van der Waals surface area contributed by atoms with Gasteiger partial charge in [0.05, 0.1) is 6.20 Å². The summed E-state index contributed by atoms with van der Waals surface area (Å²) >= 11 is 0. The average Bonchev–Trinajstić information content (AvgIpc) is 2.43. The van der Waals surface area contributed by atoms with E-state index in [9.17, 15) is 0 Å². The van der Waals surface area contributed by atoms with Crippen LogP contribution < -0.4 is 10.5 Å². The molecule has 0 saturated carbocycles. The molecule has 0 fully saturated rings. The lowest BCUT2D eigenvalue weighted by Crippen LogP contribution is -2.07. The highest BCUT2D eigenvalue weighted by atomic mass is 16.5. The van der Waals surface area contributed by atoms with E-state index in [-0.39, 0.29) is 5.92 Å². The van der Waals surface area contributed by atoms with Gasteiger partial charge in [0, 0.05) is 12.5 Å². The van der Waals surface area contributed by atoms with E-state index in [0.717, 1.165) is 17.3 Å². The summed E-state index contributed by atoms with van der Waals surface area (Å²) in [7, 11) is 0. The minimum absolute atomic E-state index is 0.274. The third kappa shape index (κ3) is 3.14. The number of nitrogens with two attached hydrogens (primary N) is 1. The van der Waals surface area contributed by atoms with Crippen molar-refractivity contribution >= 4 is 0 Å². The molecule has 2 N–H and O–H groups in total. The van der Waals surface area contributed by atoms with Crippen LogP contribution >= 0.6 is 0 Å². The van der Waals surface area contributed by atoms with Crippen LogP contribution in [0.3, 0.4) is 0 Å². The predicted molar refractivity (Wildman–Crippen MR) is 80.0 cm³/mol. The highest BCUT2D eigenvalue weighted by Crippen LogP contribution is 2.26. The van der Waals surface area contributed by atoms with Gasteiger partial charge in [-0.25, -0.2) is 9.97 Å². The monoisotopic (exact) mass is 271 g/mol. The number of rotatable bonds is 4. The van der Waals surface area contributed by atoms with Gasteiger partial charge in [-0.3, -0.25) is 0 Å². The van der Waals surface area contributed by atoms with E-state index in [2.05, 4.69) is 37.7 Å². The van der Waals surface area contributed by atoms with Gasteiger partial charge in [0.15, 0.2) is 5.75 Å². The lowest BCUT2D eigenvalue weighted by atomic mass is 10.1. The normalized spacial score (nSPS) is 10.9. The van der Waals surface area contributed by atoms with Gasteiger partial charge in [-0.15, -0.1) is 0 Å². The highest BCUT2D eigenvalue weighted by Gasteiger charge is 2.10. The van der Waals surface area contributed by atoms with Crippen LogP contribution in [0.2, 0.25) is 0 Å². The minimum Gasteiger partial charge on any atom is -0.454 e. The van der Waals surface area contributed by atoms with Gasteiger partial charge in [0.2, 0.25) is 0 Å². The van der Waals surface area contributed by atoms with Crippen LogP contribution in [-0.2, 0) is 6.54 Å². The number of aromatic nitrogens is 2. The maximum absolute atomic E-state index is 5.87. The molecule has 0 radical (unpaired) electrons. The first-order valence-corrected chi connectivity index (χ1v) is 6.82. The molecule has 0 aliphatic rings. The van der Waals surface area contributed by atoms with Gasteiger partial charge in [-0.05, 0) is 37.1 Å². The van der Waals surface area contributed by atoms with Gasteiger partial charge < -0.3 is 10.5 Å². The molecule has 0 aliphatic heterocycles. The molecule has 4 heteroatoms. The molecule has 106 valence electrons. The highest BCUT2D eigenvalue weighted by molar-refractivity contribution is 5.38. The van der Waals surface area contributed by atoms with Crippen molar-refractivity contribution in [1.29, 1.82) is 0 Å². The third-order valence-electron chi connectivity index (χ3n) is 3.26. The van der Waals surface area contributed by atoms with Crippen molar-refractivity contribution in [3.05, 3.63) is 47.0 Å². The van der Waals surface area contributed by atoms with Crippen LogP contribution in [0, 0.1) is 13.8 Å².